The van der Waals surface area contributed by atoms with Gasteiger partial charge in [0.15, 0.2) is 5.16 Å². The fourth-order valence-corrected chi connectivity index (χ4v) is 4.20. The molecule has 2 aromatic heterocycles. The van der Waals surface area contributed by atoms with Gasteiger partial charge in [-0.1, -0.05) is 29.4 Å². The molecule has 0 aliphatic heterocycles. The third kappa shape index (κ3) is 5.74. The van der Waals surface area contributed by atoms with Gasteiger partial charge in [-0.25, -0.2) is 0 Å². The Morgan fingerprint density at radius 1 is 1.38 bits per heavy atom. The first-order valence-corrected chi connectivity index (χ1v) is 10.6. The molecule has 1 unspecified atom stereocenters. The van der Waals surface area contributed by atoms with Gasteiger partial charge in [0.05, 0.1) is 16.5 Å². The number of carbonyl (C=O) groups is 1. The summed E-state index contributed by atoms with van der Waals surface area (Å²) in [5.74, 6) is -0.573. The third-order valence-corrected chi connectivity index (χ3v) is 6.22. The van der Waals surface area contributed by atoms with Crippen LogP contribution in [0.25, 0.3) is 0 Å². The molecule has 1 N–H and O–H groups in total. The number of aromatic nitrogens is 3. The number of nitrogens with zero attached hydrogens (tertiary/aromatic N) is 3. The highest BCUT2D eigenvalue weighted by Gasteiger charge is 2.34. The van der Waals surface area contributed by atoms with Crippen molar-refractivity contribution in [3.8, 4) is 0 Å². The summed E-state index contributed by atoms with van der Waals surface area (Å²) >= 11 is 8.45. The maximum Gasteiger partial charge on any atom is 0.418 e. The van der Waals surface area contributed by atoms with E-state index in [1.54, 1.807) is 24.6 Å². The molecule has 0 saturated carbocycles. The molecule has 29 heavy (non-hydrogen) atoms. The van der Waals surface area contributed by atoms with E-state index in [-0.39, 0.29) is 10.7 Å². The molecule has 0 aliphatic carbocycles. The van der Waals surface area contributed by atoms with Gasteiger partial charge in [-0.2, -0.15) is 13.2 Å². The van der Waals surface area contributed by atoms with E-state index < -0.39 is 22.9 Å². The van der Waals surface area contributed by atoms with Crippen LogP contribution in [0.4, 0.5) is 18.9 Å². The van der Waals surface area contributed by atoms with E-state index in [0.29, 0.717) is 11.7 Å². The van der Waals surface area contributed by atoms with E-state index in [1.807, 2.05) is 22.1 Å². The minimum Gasteiger partial charge on any atom is -0.325 e. The lowest BCUT2D eigenvalue weighted by atomic mass is 10.1. The van der Waals surface area contributed by atoms with Crippen LogP contribution in [0.5, 0.6) is 0 Å². The molecule has 154 valence electrons. The molecule has 5 nitrogen and oxygen atoms in total. The van der Waals surface area contributed by atoms with Gasteiger partial charge in [-0.3, -0.25) is 4.79 Å². The highest BCUT2D eigenvalue weighted by Crippen LogP contribution is 2.37. The van der Waals surface area contributed by atoms with Crippen LogP contribution in [0.1, 0.15) is 17.4 Å². The van der Waals surface area contributed by atoms with Crippen LogP contribution in [-0.2, 0) is 23.9 Å². The first-order valence-electron chi connectivity index (χ1n) is 8.48. The topological polar surface area (TPSA) is 59.8 Å². The highest BCUT2D eigenvalue weighted by molar-refractivity contribution is 8.00. The summed E-state index contributed by atoms with van der Waals surface area (Å²) in [6, 6.07) is 7.23. The summed E-state index contributed by atoms with van der Waals surface area (Å²) in [4.78, 5) is 13.7. The van der Waals surface area contributed by atoms with Crippen LogP contribution in [0, 0.1) is 0 Å². The van der Waals surface area contributed by atoms with Crippen LogP contribution in [0.15, 0.2) is 47.2 Å². The van der Waals surface area contributed by atoms with E-state index in [0.717, 1.165) is 30.3 Å². The molecule has 0 fully saturated rings. The summed E-state index contributed by atoms with van der Waals surface area (Å²) in [5.41, 5.74) is -1.33. The molecule has 0 radical (unpaired) electrons. The molecule has 2 heterocycles. The summed E-state index contributed by atoms with van der Waals surface area (Å²) in [6.07, 6.45) is -2.27. The zero-order chi connectivity index (χ0) is 21.0. The predicted molar refractivity (Wildman–Crippen MR) is 108 cm³/mol. The van der Waals surface area contributed by atoms with Crippen molar-refractivity contribution in [2.24, 2.45) is 0 Å². The molecule has 3 rings (SSSR count). The quantitative estimate of drug-likeness (QED) is 0.481. The van der Waals surface area contributed by atoms with Crippen molar-refractivity contribution in [1.82, 2.24) is 14.8 Å². The molecule has 3 aromatic rings. The fraction of sp³-hybridized carbons (Fsp3) is 0.278. The molecular weight excluding hydrogens is 445 g/mol. The average molecular weight is 461 g/mol. The Bertz CT molecular complexity index is 976. The molecule has 0 saturated heterocycles. The van der Waals surface area contributed by atoms with Gasteiger partial charge in [-0.15, -0.1) is 21.5 Å². The molecule has 1 amide bonds. The largest absolute Gasteiger partial charge is 0.418 e. The van der Waals surface area contributed by atoms with Gasteiger partial charge in [0.1, 0.15) is 6.33 Å². The zero-order valence-corrected chi connectivity index (χ0v) is 17.5. The maximum atomic E-state index is 13.2. The smallest absolute Gasteiger partial charge is 0.325 e. The number of nitrogens with one attached hydrogen (secondary N) is 1. The molecule has 1 atom stereocenters. The van der Waals surface area contributed by atoms with E-state index in [4.69, 9.17) is 11.6 Å². The lowest BCUT2D eigenvalue weighted by molar-refractivity contribution is -0.137. The second-order valence-electron chi connectivity index (χ2n) is 6.07. The summed E-state index contributed by atoms with van der Waals surface area (Å²) in [5, 5.41) is 12.0. The minimum atomic E-state index is -4.63. The number of halogens is 4. The average Bonchev–Trinajstić information content (AvgIpc) is 3.32. The predicted octanol–water partition coefficient (Wildman–Crippen LogP) is 5.37. The number of carbonyl (C=O) groups excluding carboxylic acids is 1. The molecule has 11 heteroatoms. The van der Waals surface area contributed by atoms with Crippen LogP contribution < -0.4 is 5.32 Å². The number of anilines is 1. The Labute approximate surface area is 178 Å². The second kappa shape index (κ2) is 9.19. The number of benzene rings is 1. The van der Waals surface area contributed by atoms with E-state index >= 15 is 0 Å². The number of hydrogen-bond acceptors (Lipinski definition) is 5. The van der Waals surface area contributed by atoms with Crippen molar-refractivity contribution in [2.45, 2.75) is 36.5 Å². The zero-order valence-electron chi connectivity index (χ0n) is 15.1. The number of aryl methyl sites for hydroxylation is 2. The molecule has 0 aliphatic rings. The fourth-order valence-electron chi connectivity index (χ4n) is 2.48. The normalized spacial score (nSPS) is 12.7. The van der Waals surface area contributed by atoms with Crippen LogP contribution in [-0.4, -0.2) is 25.9 Å². The number of thioether (sulfide) groups is 1. The van der Waals surface area contributed by atoms with Crippen molar-refractivity contribution in [1.29, 1.82) is 0 Å². The number of rotatable bonds is 7. The second-order valence-corrected chi connectivity index (χ2v) is 8.85. The number of amides is 1. The van der Waals surface area contributed by atoms with Crippen LogP contribution in [0.2, 0.25) is 5.02 Å². The minimum absolute atomic E-state index is 0.0587. The molecule has 0 spiro atoms. The van der Waals surface area contributed by atoms with E-state index in [2.05, 4.69) is 15.5 Å². The molecular formula is C18H16ClF3N4OS2. The lowest BCUT2D eigenvalue weighted by Gasteiger charge is -2.16. The lowest BCUT2D eigenvalue weighted by Crippen LogP contribution is -2.24. The molecule has 1 aromatic carbocycles. The van der Waals surface area contributed by atoms with Crippen LogP contribution >= 0.6 is 34.7 Å². The first-order chi connectivity index (χ1) is 13.7. The van der Waals surface area contributed by atoms with Gasteiger partial charge in [-0.05, 0) is 43.0 Å². The van der Waals surface area contributed by atoms with Crippen molar-refractivity contribution in [3.05, 3.63) is 57.5 Å². The van der Waals surface area contributed by atoms with Gasteiger partial charge in [0.25, 0.3) is 0 Å². The summed E-state index contributed by atoms with van der Waals surface area (Å²) in [7, 11) is 0. The molecule has 0 bridgehead atoms. The Morgan fingerprint density at radius 2 is 2.17 bits per heavy atom. The Kier molecular flexibility index (Phi) is 6.86. The standard InChI is InChI=1S/C18H16ClF3N4OS2/c1-11(16(27)24-15-5-4-12(19)9-14(15)18(20,21)22)29-17-25-23-10-26(17)7-6-13-3-2-8-28-13/h2-5,8-11H,6-7H2,1H3,(H,24,27). The van der Waals surface area contributed by atoms with Crippen molar-refractivity contribution < 1.29 is 18.0 Å². The Morgan fingerprint density at radius 3 is 2.86 bits per heavy atom. The van der Waals surface area contributed by atoms with Gasteiger partial charge >= 0.3 is 6.18 Å². The number of hydrogen-bond donors (Lipinski definition) is 1. The van der Waals surface area contributed by atoms with Gasteiger partial charge in [0.2, 0.25) is 5.91 Å². The SMILES string of the molecule is CC(Sc1nncn1CCc1cccs1)C(=O)Nc1ccc(Cl)cc1C(F)(F)F. The Hall–Kier alpha value is -2.04. The number of alkyl halides is 3. The van der Waals surface area contributed by atoms with Crippen molar-refractivity contribution in [3.63, 3.8) is 0 Å². The van der Waals surface area contributed by atoms with E-state index in [1.165, 1.54) is 10.9 Å². The monoisotopic (exact) mass is 460 g/mol. The first kappa shape index (κ1) is 21.7. The van der Waals surface area contributed by atoms with Crippen molar-refractivity contribution >= 4 is 46.3 Å². The summed E-state index contributed by atoms with van der Waals surface area (Å²) in [6.45, 7) is 2.24. The van der Waals surface area contributed by atoms with E-state index in [9.17, 15) is 18.0 Å². The number of thiophene rings is 1. The van der Waals surface area contributed by atoms with Gasteiger partial charge in [0, 0.05) is 16.4 Å². The highest BCUT2D eigenvalue weighted by atomic mass is 35.5. The maximum absolute atomic E-state index is 13.2. The summed E-state index contributed by atoms with van der Waals surface area (Å²) < 4.78 is 41.4. The van der Waals surface area contributed by atoms with Gasteiger partial charge < -0.3 is 9.88 Å². The van der Waals surface area contributed by atoms with Crippen molar-refractivity contribution in [2.75, 3.05) is 5.32 Å². The van der Waals surface area contributed by atoms with Crippen LogP contribution in [0.3, 0.4) is 0 Å². The Balaban J connectivity index is 1.66. The third-order valence-electron chi connectivity index (χ3n) is 3.96.